The third-order valence-corrected chi connectivity index (χ3v) is 6.72. The summed E-state index contributed by atoms with van der Waals surface area (Å²) in [5.74, 6) is 0. The van der Waals surface area contributed by atoms with E-state index in [2.05, 4.69) is 27.3 Å². The number of rotatable bonds is 3. The van der Waals surface area contributed by atoms with Crippen LogP contribution in [0.4, 0.5) is 9.93 Å². The first kappa shape index (κ1) is 16.0. The lowest BCUT2D eigenvalue weighted by Crippen LogP contribution is -2.64. The highest BCUT2D eigenvalue weighted by molar-refractivity contribution is 7.23. The molecule has 0 aliphatic carbocycles. The zero-order valence-corrected chi connectivity index (χ0v) is 15.3. The molecule has 2 aromatic heterocycles. The first-order chi connectivity index (χ1) is 11.7. The normalized spacial score (nSPS) is 22.4. The number of hydrogen-bond donors (Lipinski definition) is 1. The van der Waals surface area contributed by atoms with Crippen LogP contribution in [0.5, 0.6) is 0 Å². The molecule has 2 saturated heterocycles. The third kappa shape index (κ3) is 3.18. The maximum absolute atomic E-state index is 12.3. The Labute approximate surface area is 149 Å². The van der Waals surface area contributed by atoms with Gasteiger partial charge in [0.05, 0.1) is 4.88 Å². The van der Waals surface area contributed by atoms with E-state index in [1.54, 1.807) is 11.3 Å². The fourth-order valence-corrected chi connectivity index (χ4v) is 4.96. The molecular weight excluding hydrogens is 342 g/mol. The molecule has 0 saturated carbocycles. The topological polar surface area (TPSA) is 61.4 Å². The monoisotopic (exact) mass is 363 g/mol. The lowest BCUT2D eigenvalue weighted by molar-refractivity contribution is 0.0199. The molecule has 0 aromatic carbocycles. The zero-order chi connectivity index (χ0) is 16.5. The standard InChI is InChI=1S/C16H21N5OS2/c1-11-5-2-3-7-21(11)12-9-20(10-12)16(22)17-15-19-18-14(24-15)13-6-4-8-23-13/h4,6,8,11-12H,2-3,5,7,9-10H2,1H3,(H,17,19,22)/t11-/m0/s1. The molecule has 0 bridgehead atoms. The number of hydrogen-bond acceptors (Lipinski definition) is 6. The van der Waals surface area contributed by atoms with Crippen molar-refractivity contribution in [1.82, 2.24) is 20.0 Å². The van der Waals surface area contributed by atoms with Gasteiger partial charge in [0, 0.05) is 25.2 Å². The Morgan fingerprint density at radius 2 is 2.21 bits per heavy atom. The number of amides is 2. The molecule has 2 aliphatic heterocycles. The van der Waals surface area contributed by atoms with Gasteiger partial charge in [-0.05, 0) is 37.8 Å². The Morgan fingerprint density at radius 3 is 2.96 bits per heavy atom. The van der Waals surface area contributed by atoms with E-state index in [1.807, 2.05) is 22.4 Å². The van der Waals surface area contributed by atoms with Crippen molar-refractivity contribution in [2.45, 2.75) is 38.3 Å². The quantitative estimate of drug-likeness (QED) is 0.908. The van der Waals surface area contributed by atoms with Crippen LogP contribution in [0.2, 0.25) is 0 Å². The summed E-state index contributed by atoms with van der Waals surface area (Å²) < 4.78 is 0. The minimum atomic E-state index is -0.0650. The molecule has 2 amide bonds. The molecule has 6 nitrogen and oxygen atoms in total. The van der Waals surface area contributed by atoms with Gasteiger partial charge in [0.25, 0.3) is 0 Å². The van der Waals surface area contributed by atoms with Gasteiger partial charge in [-0.3, -0.25) is 10.2 Å². The zero-order valence-electron chi connectivity index (χ0n) is 13.6. The van der Waals surface area contributed by atoms with Gasteiger partial charge in [0.1, 0.15) is 0 Å². The van der Waals surface area contributed by atoms with Gasteiger partial charge in [-0.2, -0.15) is 0 Å². The van der Waals surface area contributed by atoms with Crippen molar-refractivity contribution >= 4 is 33.8 Å². The molecule has 24 heavy (non-hydrogen) atoms. The van der Waals surface area contributed by atoms with Crippen molar-refractivity contribution in [2.75, 3.05) is 25.0 Å². The summed E-state index contributed by atoms with van der Waals surface area (Å²) in [6, 6.07) is 5.09. The second kappa shape index (κ2) is 6.78. The predicted molar refractivity (Wildman–Crippen MR) is 97.6 cm³/mol. The fraction of sp³-hybridized carbons (Fsp3) is 0.562. The second-order valence-corrected chi connectivity index (χ2v) is 8.39. The summed E-state index contributed by atoms with van der Waals surface area (Å²) in [5.41, 5.74) is 0. The molecular formula is C16H21N5OS2. The van der Waals surface area contributed by atoms with Gasteiger partial charge in [-0.25, -0.2) is 4.79 Å². The molecule has 2 fully saturated rings. The van der Waals surface area contributed by atoms with E-state index in [4.69, 9.17) is 0 Å². The average Bonchev–Trinajstić information content (AvgIpc) is 3.18. The Balaban J connectivity index is 1.30. The molecule has 1 atom stereocenters. The largest absolute Gasteiger partial charge is 0.323 e. The van der Waals surface area contributed by atoms with Crippen LogP contribution < -0.4 is 5.32 Å². The lowest BCUT2D eigenvalue weighted by atomic mass is 9.98. The molecule has 2 aliphatic rings. The van der Waals surface area contributed by atoms with Gasteiger partial charge in [-0.1, -0.05) is 23.8 Å². The molecule has 128 valence electrons. The smallest absolute Gasteiger partial charge is 0.321 e. The van der Waals surface area contributed by atoms with Gasteiger partial charge in [0.2, 0.25) is 5.13 Å². The summed E-state index contributed by atoms with van der Waals surface area (Å²) in [6.07, 6.45) is 3.89. The van der Waals surface area contributed by atoms with E-state index >= 15 is 0 Å². The van der Waals surface area contributed by atoms with E-state index in [-0.39, 0.29) is 6.03 Å². The number of anilines is 1. The van der Waals surface area contributed by atoms with E-state index in [0.717, 1.165) is 23.0 Å². The van der Waals surface area contributed by atoms with Crippen LogP contribution in [0.25, 0.3) is 9.88 Å². The molecule has 2 aromatic rings. The highest BCUT2D eigenvalue weighted by atomic mass is 32.1. The molecule has 0 unspecified atom stereocenters. The summed E-state index contributed by atoms with van der Waals surface area (Å²) in [6.45, 7) is 5.09. The van der Waals surface area contributed by atoms with E-state index in [9.17, 15) is 4.79 Å². The van der Waals surface area contributed by atoms with Crippen LogP contribution in [0, 0.1) is 0 Å². The molecule has 1 N–H and O–H groups in total. The SMILES string of the molecule is C[C@H]1CCCCN1C1CN(C(=O)Nc2nnc(-c3cccs3)s2)C1. The van der Waals surface area contributed by atoms with E-state index in [0.29, 0.717) is 17.2 Å². The minimum absolute atomic E-state index is 0.0650. The number of nitrogens with one attached hydrogen (secondary N) is 1. The van der Waals surface area contributed by atoms with Gasteiger partial charge < -0.3 is 4.90 Å². The molecule has 4 heterocycles. The number of likely N-dealkylation sites (tertiary alicyclic amines) is 2. The van der Waals surface area contributed by atoms with Crippen molar-refractivity contribution in [3.8, 4) is 9.88 Å². The summed E-state index contributed by atoms with van der Waals surface area (Å²) in [7, 11) is 0. The van der Waals surface area contributed by atoms with Crippen LogP contribution in [0.1, 0.15) is 26.2 Å². The molecule has 0 radical (unpaired) electrons. The molecule has 8 heteroatoms. The Morgan fingerprint density at radius 1 is 1.33 bits per heavy atom. The molecule has 0 spiro atoms. The van der Waals surface area contributed by atoms with Crippen LogP contribution in [0.15, 0.2) is 17.5 Å². The Bertz CT molecular complexity index is 695. The number of carbonyl (C=O) groups excluding carboxylic acids is 1. The molecule has 4 rings (SSSR count). The average molecular weight is 364 g/mol. The number of aromatic nitrogens is 2. The first-order valence-corrected chi connectivity index (χ1v) is 10.1. The first-order valence-electron chi connectivity index (χ1n) is 8.40. The Hall–Kier alpha value is -1.51. The third-order valence-electron chi connectivity index (χ3n) is 4.84. The van der Waals surface area contributed by atoms with Gasteiger partial charge in [-0.15, -0.1) is 21.5 Å². The van der Waals surface area contributed by atoms with Crippen LogP contribution in [0.3, 0.4) is 0 Å². The van der Waals surface area contributed by atoms with Crippen molar-refractivity contribution < 1.29 is 4.79 Å². The summed E-state index contributed by atoms with van der Waals surface area (Å²) in [4.78, 5) is 17.8. The second-order valence-electron chi connectivity index (χ2n) is 6.46. The highest BCUT2D eigenvalue weighted by Crippen LogP contribution is 2.30. The van der Waals surface area contributed by atoms with Crippen molar-refractivity contribution in [2.24, 2.45) is 0 Å². The number of thiophene rings is 1. The predicted octanol–water partition coefficient (Wildman–Crippen LogP) is 3.36. The maximum Gasteiger partial charge on any atom is 0.323 e. The van der Waals surface area contributed by atoms with Gasteiger partial charge >= 0.3 is 6.03 Å². The van der Waals surface area contributed by atoms with E-state index in [1.165, 1.54) is 37.1 Å². The van der Waals surface area contributed by atoms with E-state index < -0.39 is 0 Å². The summed E-state index contributed by atoms with van der Waals surface area (Å²) in [5, 5.41) is 14.5. The maximum atomic E-state index is 12.3. The number of urea groups is 1. The minimum Gasteiger partial charge on any atom is -0.321 e. The van der Waals surface area contributed by atoms with Gasteiger partial charge in [0.15, 0.2) is 5.01 Å². The van der Waals surface area contributed by atoms with Crippen LogP contribution in [-0.2, 0) is 0 Å². The number of carbonyl (C=O) groups is 1. The lowest BCUT2D eigenvalue weighted by Gasteiger charge is -2.48. The number of nitrogens with zero attached hydrogens (tertiary/aromatic N) is 4. The Kier molecular flexibility index (Phi) is 4.51. The van der Waals surface area contributed by atoms with Crippen LogP contribution >= 0.6 is 22.7 Å². The highest BCUT2D eigenvalue weighted by Gasteiger charge is 2.37. The van der Waals surface area contributed by atoms with Crippen molar-refractivity contribution in [3.63, 3.8) is 0 Å². The number of piperidine rings is 1. The van der Waals surface area contributed by atoms with Crippen molar-refractivity contribution in [3.05, 3.63) is 17.5 Å². The van der Waals surface area contributed by atoms with Crippen LogP contribution in [-0.4, -0.2) is 57.7 Å². The van der Waals surface area contributed by atoms with Crippen molar-refractivity contribution in [1.29, 1.82) is 0 Å². The summed E-state index contributed by atoms with van der Waals surface area (Å²) >= 11 is 3.05. The fourth-order valence-electron chi connectivity index (χ4n) is 3.44.